The highest BCUT2D eigenvalue weighted by Gasteiger charge is 2.67. The molecule has 1 spiro atoms. The maximum absolute atomic E-state index is 12.7. The lowest BCUT2D eigenvalue weighted by Crippen LogP contribution is -2.85. The average Bonchev–Trinajstić information content (AvgIpc) is 2.72. The van der Waals surface area contributed by atoms with Crippen LogP contribution >= 0.6 is 0 Å². The molecule has 5 nitrogen and oxygen atoms in total. The molecule has 4 rings (SSSR count). The largest absolute Gasteiger partial charge is 0.394 e. The first-order valence-corrected chi connectivity index (χ1v) is 10.8. The summed E-state index contributed by atoms with van der Waals surface area (Å²) >= 11 is 0. The minimum absolute atomic E-state index is 0.0322. The molecular weight excluding hydrogens is 376 g/mol. The molecule has 30 heavy (non-hydrogen) atoms. The highest BCUT2D eigenvalue weighted by molar-refractivity contribution is 5.82. The fourth-order valence-electron chi connectivity index (χ4n) is 5.36. The van der Waals surface area contributed by atoms with E-state index < -0.39 is 5.54 Å². The molecule has 0 aromatic heterocycles. The molecular formula is C25H30N2O3. The number of amides is 2. The van der Waals surface area contributed by atoms with E-state index in [4.69, 9.17) is 0 Å². The molecule has 158 valence electrons. The molecule has 2 saturated heterocycles. The molecule has 2 aliphatic rings. The maximum atomic E-state index is 12.7. The predicted molar refractivity (Wildman–Crippen MR) is 117 cm³/mol. The summed E-state index contributed by atoms with van der Waals surface area (Å²) in [6.07, 6.45) is 0.871. The molecule has 2 aromatic rings. The van der Waals surface area contributed by atoms with Gasteiger partial charge in [0.2, 0.25) is 11.8 Å². The van der Waals surface area contributed by atoms with Gasteiger partial charge >= 0.3 is 0 Å². The van der Waals surface area contributed by atoms with E-state index in [1.165, 1.54) is 11.1 Å². The van der Waals surface area contributed by atoms with E-state index in [1.54, 1.807) is 0 Å². The van der Waals surface area contributed by atoms with Crippen molar-refractivity contribution in [2.45, 2.75) is 51.1 Å². The van der Waals surface area contributed by atoms with Gasteiger partial charge < -0.3 is 14.9 Å². The lowest BCUT2D eigenvalue weighted by atomic mass is 9.60. The van der Waals surface area contributed by atoms with E-state index in [-0.39, 0.29) is 30.4 Å². The molecule has 2 aromatic carbocycles. The smallest absolute Gasteiger partial charge is 0.223 e. The zero-order valence-corrected chi connectivity index (χ0v) is 18.0. The van der Waals surface area contributed by atoms with Gasteiger partial charge in [-0.2, -0.15) is 0 Å². The zero-order valence-electron chi connectivity index (χ0n) is 18.0. The third kappa shape index (κ3) is 3.03. The number of rotatable bonds is 5. The third-order valence-corrected chi connectivity index (χ3v) is 6.84. The Hall–Kier alpha value is -2.66. The van der Waals surface area contributed by atoms with Gasteiger partial charge in [0.25, 0.3) is 0 Å². The molecule has 2 atom stereocenters. The van der Waals surface area contributed by atoms with Crippen molar-refractivity contribution in [3.8, 4) is 11.1 Å². The number of hydrogen-bond acceptors (Lipinski definition) is 3. The van der Waals surface area contributed by atoms with Crippen LogP contribution in [0.4, 0.5) is 0 Å². The fraction of sp³-hybridized carbons (Fsp3) is 0.440. The lowest BCUT2D eigenvalue weighted by molar-refractivity contribution is -0.202. The molecule has 0 aliphatic carbocycles. The Morgan fingerprint density at radius 2 is 1.63 bits per heavy atom. The lowest BCUT2D eigenvalue weighted by Gasteiger charge is -2.70. The van der Waals surface area contributed by atoms with Gasteiger partial charge in [0, 0.05) is 31.8 Å². The van der Waals surface area contributed by atoms with Gasteiger partial charge in [-0.1, -0.05) is 62.4 Å². The van der Waals surface area contributed by atoms with Crippen molar-refractivity contribution >= 4 is 11.8 Å². The zero-order chi connectivity index (χ0) is 21.5. The van der Waals surface area contributed by atoms with E-state index in [1.807, 2.05) is 35.8 Å². The number of aliphatic hydroxyl groups is 1. The predicted octanol–water partition coefficient (Wildman–Crippen LogP) is 3.35. The van der Waals surface area contributed by atoms with E-state index >= 15 is 0 Å². The van der Waals surface area contributed by atoms with E-state index in [0.29, 0.717) is 25.9 Å². The SMILES string of the molecule is CCC(=O)N1CC2(C1)[C@H](c1ccc(-c3ccccc3C)cc1)[C@H](CO)N2C(=O)CC. The molecule has 0 saturated carbocycles. The van der Waals surface area contributed by atoms with Crippen molar-refractivity contribution < 1.29 is 14.7 Å². The molecule has 5 heteroatoms. The van der Waals surface area contributed by atoms with Gasteiger partial charge in [-0.3, -0.25) is 9.59 Å². The third-order valence-electron chi connectivity index (χ3n) is 6.84. The quantitative estimate of drug-likeness (QED) is 0.828. The molecule has 0 unspecified atom stereocenters. The monoisotopic (exact) mass is 406 g/mol. The number of aryl methyl sites for hydroxylation is 1. The number of benzene rings is 2. The topological polar surface area (TPSA) is 60.9 Å². The standard InChI is InChI=1S/C25H30N2O3/c1-4-22(29)26-15-25(16-26)24(21(14-28)27(25)23(30)5-2)19-12-10-18(11-13-19)20-9-7-6-8-17(20)3/h6-13,21,24,28H,4-5,14-16H2,1-3H3/t21-,24+/m0/s1. The number of carbonyl (C=O) groups is 2. The molecule has 2 heterocycles. The average molecular weight is 407 g/mol. The second-order valence-corrected chi connectivity index (χ2v) is 8.49. The summed E-state index contributed by atoms with van der Waals surface area (Å²) in [5.74, 6) is 0.195. The minimum atomic E-state index is -0.393. The maximum Gasteiger partial charge on any atom is 0.223 e. The van der Waals surface area contributed by atoms with Crippen molar-refractivity contribution in [3.05, 3.63) is 59.7 Å². The molecule has 2 amide bonds. The summed E-state index contributed by atoms with van der Waals surface area (Å²) in [5.41, 5.74) is 4.32. The van der Waals surface area contributed by atoms with Crippen LogP contribution in [-0.2, 0) is 9.59 Å². The molecule has 0 bridgehead atoms. The van der Waals surface area contributed by atoms with Crippen LogP contribution in [-0.4, -0.2) is 58.0 Å². The first-order chi connectivity index (χ1) is 14.5. The second kappa shape index (κ2) is 7.88. The molecule has 1 N–H and O–H groups in total. The van der Waals surface area contributed by atoms with E-state index in [2.05, 4.69) is 43.3 Å². The Bertz CT molecular complexity index is 947. The van der Waals surface area contributed by atoms with Gasteiger partial charge in [-0.25, -0.2) is 0 Å². The molecule has 0 radical (unpaired) electrons. The van der Waals surface area contributed by atoms with Gasteiger partial charge in [0.05, 0.1) is 18.2 Å². The Labute approximate surface area is 178 Å². The van der Waals surface area contributed by atoms with Crippen LogP contribution in [0.2, 0.25) is 0 Å². The van der Waals surface area contributed by atoms with Gasteiger partial charge in [-0.05, 0) is 29.2 Å². The van der Waals surface area contributed by atoms with Crippen LogP contribution < -0.4 is 0 Å². The summed E-state index contributed by atoms with van der Waals surface area (Å²) < 4.78 is 0. The van der Waals surface area contributed by atoms with Gasteiger partial charge in [-0.15, -0.1) is 0 Å². The fourth-order valence-corrected chi connectivity index (χ4v) is 5.36. The van der Waals surface area contributed by atoms with E-state index in [9.17, 15) is 14.7 Å². The highest BCUT2D eigenvalue weighted by Crippen LogP contribution is 2.54. The van der Waals surface area contributed by atoms with Gasteiger partial charge in [0.1, 0.15) is 0 Å². The number of nitrogens with zero attached hydrogens (tertiary/aromatic N) is 2. The summed E-state index contributed by atoms with van der Waals surface area (Å²) in [6, 6.07) is 16.6. The highest BCUT2D eigenvalue weighted by atomic mass is 16.3. The van der Waals surface area contributed by atoms with Gasteiger partial charge in [0.15, 0.2) is 0 Å². The minimum Gasteiger partial charge on any atom is -0.394 e. The number of aliphatic hydroxyl groups excluding tert-OH is 1. The van der Waals surface area contributed by atoms with Crippen molar-refractivity contribution in [3.63, 3.8) is 0 Å². The van der Waals surface area contributed by atoms with Crippen LogP contribution in [0, 0.1) is 6.92 Å². The van der Waals surface area contributed by atoms with Crippen molar-refractivity contribution in [2.24, 2.45) is 0 Å². The normalized spacial score (nSPS) is 21.9. The van der Waals surface area contributed by atoms with Crippen LogP contribution in [0.25, 0.3) is 11.1 Å². The molecule has 2 aliphatic heterocycles. The Morgan fingerprint density at radius 3 is 2.20 bits per heavy atom. The second-order valence-electron chi connectivity index (χ2n) is 8.49. The van der Waals surface area contributed by atoms with Crippen molar-refractivity contribution in [1.29, 1.82) is 0 Å². The van der Waals surface area contributed by atoms with Crippen LogP contribution in [0.1, 0.15) is 43.7 Å². The van der Waals surface area contributed by atoms with Crippen molar-refractivity contribution in [1.82, 2.24) is 9.80 Å². The number of carbonyl (C=O) groups excluding carboxylic acids is 2. The summed E-state index contributed by atoms with van der Waals surface area (Å²) in [5, 5.41) is 10.1. The first-order valence-electron chi connectivity index (χ1n) is 10.8. The molecule has 2 fully saturated rings. The Kier molecular flexibility index (Phi) is 5.41. The Balaban J connectivity index is 1.65. The summed E-state index contributed by atoms with van der Waals surface area (Å²) in [7, 11) is 0. The Morgan fingerprint density at radius 1 is 1.00 bits per heavy atom. The van der Waals surface area contributed by atoms with Crippen LogP contribution in [0.5, 0.6) is 0 Å². The van der Waals surface area contributed by atoms with Crippen LogP contribution in [0.15, 0.2) is 48.5 Å². The number of likely N-dealkylation sites (tertiary alicyclic amines) is 2. The first kappa shape index (κ1) is 20.6. The van der Waals surface area contributed by atoms with Crippen LogP contribution in [0.3, 0.4) is 0 Å². The summed E-state index contributed by atoms with van der Waals surface area (Å²) in [6.45, 7) is 6.84. The van der Waals surface area contributed by atoms with Crippen molar-refractivity contribution in [2.75, 3.05) is 19.7 Å². The summed E-state index contributed by atoms with van der Waals surface area (Å²) in [4.78, 5) is 28.5. The van der Waals surface area contributed by atoms with E-state index in [0.717, 1.165) is 11.1 Å². The number of hydrogen-bond donors (Lipinski definition) is 1.